The van der Waals surface area contributed by atoms with Crippen LogP contribution in [0.5, 0.6) is 0 Å². The van der Waals surface area contributed by atoms with E-state index in [1.165, 1.54) is 6.07 Å². The van der Waals surface area contributed by atoms with Crippen LogP contribution in [0.4, 0.5) is 0 Å². The van der Waals surface area contributed by atoms with Crippen LogP contribution in [-0.2, 0) is 20.6 Å². The number of sulfonamides is 1. The van der Waals surface area contributed by atoms with Crippen molar-refractivity contribution in [2.45, 2.75) is 26.0 Å². The molecule has 1 rings (SSSR count). The molecule has 0 saturated carbocycles. The van der Waals surface area contributed by atoms with Gasteiger partial charge in [-0.05, 0) is 13.3 Å². The summed E-state index contributed by atoms with van der Waals surface area (Å²) in [5, 5.41) is 12.4. The summed E-state index contributed by atoms with van der Waals surface area (Å²) >= 11 is 0. The molecule has 1 unspecified atom stereocenters. The number of nitrogens with one attached hydrogen (secondary N) is 1. The zero-order valence-corrected chi connectivity index (χ0v) is 11.0. The summed E-state index contributed by atoms with van der Waals surface area (Å²) in [6.45, 7) is 3.23. The molecule has 1 heterocycles. The third-order valence-electron chi connectivity index (χ3n) is 2.41. The van der Waals surface area contributed by atoms with Gasteiger partial charge in [-0.3, -0.25) is 4.79 Å². The summed E-state index contributed by atoms with van der Waals surface area (Å²) < 4.78 is 30.4. The van der Waals surface area contributed by atoms with E-state index in [4.69, 9.17) is 9.63 Å². The number of carboxylic acids is 1. The molecule has 0 aliphatic rings. The Morgan fingerprint density at radius 1 is 1.61 bits per heavy atom. The number of carbonyl (C=O) groups is 1. The number of hydrogen-bond acceptors (Lipinski definition) is 5. The molecule has 102 valence electrons. The number of aliphatic carboxylic acids is 1. The Bertz CT molecular complexity index is 508. The maximum Gasteiger partial charge on any atom is 0.307 e. The first-order valence-electron chi connectivity index (χ1n) is 5.46. The molecule has 0 aromatic carbocycles. The first-order chi connectivity index (χ1) is 8.34. The van der Waals surface area contributed by atoms with Gasteiger partial charge in [0.05, 0.1) is 5.92 Å². The highest BCUT2D eigenvalue weighted by Gasteiger charge is 2.20. The topological polar surface area (TPSA) is 110 Å². The van der Waals surface area contributed by atoms with E-state index in [1.807, 2.05) is 0 Å². The Morgan fingerprint density at radius 2 is 2.28 bits per heavy atom. The van der Waals surface area contributed by atoms with E-state index in [2.05, 4.69) is 9.88 Å². The Balaban J connectivity index is 2.57. The largest absolute Gasteiger partial charge is 0.481 e. The van der Waals surface area contributed by atoms with Crippen LogP contribution in [0.25, 0.3) is 0 Å². The molecule has 1 aromatic rings. The first kappa shape index (κ1) is 14.7. The van der Waals surface area contributed by atoms with Crippen molar-refractivity contribution < 1.29 is 22.8 Å². The highest BCUT2D eigenvalue weighted by Crippen LogP contribution is 2.07. The number of aromatic nitrogens is 1. The average molecular weight is 276 g/mol. The number of aryl methyl sites for hydroxylation is 1. The number of rotatable bonds is 7. The fourth-order valence-corrected chi connectivity index (χ4v) is 2.45. The van der Waals surface area contributed by atoms with Gasteiger partial charge < -0.3 is 9.63 Å². The van der Waals surface area contributed by atoms with E-state index in [1.54, 1.807) is 13.8 Å². The van der Waals surface area contributed by atoms with Gasteiger partial charge in [-0.2, -0.15) is 0 Å². The average Bonchev–Trinajstić information content (AvgIpc) is 2.63. The molecule has 0 bridgehead atoms. The van der Waals surface area contributed by atoms with E-state index in [-0.39, 0.29) is 12.3 Å². The summed E-state index contributed by atoms with van der Waals surface area (Å²) in [6.07, 6.45) is 0.362. The Labute approximate surface area is 105 Å². The summed E-state index contributed by atoms with van der Waals surface area (Å²) in [6, 6.07) is 1.52. The number of carboxylic acid groups (broad SMARTS) is 1. The molecule has 0 fully saturated rings. The van der Waals surface area contributed by atoms with E-state index < -0.39 is 21.9 Å². The minimum atomic E-state index is -3.60. The third-order valence-corrected chi connectivity index (χ3v) is 3.69. The predicted octanol–water partition coefficient (Wildman–Crippen LogP) is 0.513. The first-order valence-corrected chi connectivity index (χ1v) is 7.11. The van der Waals surface area contributed by atoms with Crippen molar-refractivity contribution in [1.82, 2.24) is 9.88 Å². The van der Waals surface area contributed by atoms with Gasteiger partial charge in [0.25, 0.3) is 0 Å². The van der Waals surface area contributed by atoms with Gasteiger partial charge in [-0.1, -0.05) is 12.1 Å². The number of nitrogens with zero attached hydrogens (tertiary/aromatic N) is 1. The van der Waals surface area contributed by atoms with Crippen LogP contribution in [0.3, 0.4) is 0 Å². The zero-order valence-electron chi connectivity index (χ0n) is 10.2. The minimum Gasteiger partial charge on any atom is -0.481 e. The Kier molecular flexibility index (Phi) is 4.85. The van der Waals surface area contributed by atoms with Crippen LogP contribution in [0.1, 0.15) is 24.8 Å². The molecule has 8 heteroatoms. The maximum absolute atomic E-state index is 11.7. The predicted molar refractivity (Wildman–Crippen MR) is 63.3 cm³/mol. The van der Waals surface area contributed by atoms with E-state index in [9.17, 15) is 13.2 Å². The van der Waals surface area contributed by atoms with Crippen LogP contribution in [0.2, 0.25) is 0 Å². The maximum atomic E-state index is 11.7. The Morgan fingerprint density at radius 3 is 2.72 bits per heavy atom. The van der Waals surface area contributed by atoms with Crippen molar-refractivity contribution in [3.63, 3.8) is 0 Å². The lowest BCUT2D eigenvalue weighted by Crippen LogP contribution is -2.33. The number of hydrogen-bond donors (Lipinski definition) is 2. The van der Waals surface area contributed by atoms with Crippen molar-refractivity contribution in [3.05, 3.63) is 17.5 Å². The summed E-state index contributed by atoms with van der Waals surface area (Å²) in [5.74, 6) is -1.53. The second kappa shape index (κ2) is 5.96. The molecule has 0 aliphatic heterocycles. The molecular weight excluding hydrogens is 260 g/mol. The van der Waals surface area contributed by atoms with Gasteiger partial charge in [-0.25, -0.2) is 13.1 Å². The fourth-order valence-electron chi connectivity index (χ4n) is 1.37. The van der Waals surface area contributed by atoms with Gasteiger partial charge in [0.1, 0.15) is 17.2 Å². The van der Waals surface area contributed by atoms with E-state index in [0.717, 1.165) is 0 Å². The lowest BCUT2D eigenvalue weighted by atomic mass is 10.1. The normalized spacial score (nSPS) is 13.4. The lowest BCUT2D eigenvalue weighted by molar-refractivity contribution is -0.141. The third kappa shape index (κ3) is 4.46. The molecule has 0 aliphatic carbocycles. The van der Waals surface area contributed by atoms with Crippen LogP contribution in [0.15, 0.2) is 10.6 Å². The minimum absolute atomic E-state index is 0.120. The molecule has 0 radical (unpaired) electrons. The summed E-state index contributed by atoms with van der Waals surface area (Å²) in [4.78, 5) is 10.7. The molecule has 2 N–H and O–H groups in total. The molecule has 1 atom stereocenters. The van der Waals surface area contributed by atoms with Crippen molar-refractivity contribution in [3.8, 4) is 0 Å². The quantitative estimate of drug-likeness (QED) is 0.751. The van der Waals surface area contributed by atoms with Gasteiger partial charge in [0, 0.05) is 12.6 Å². The highest BCUT2D eigenvalue weighted by atomic mass is 32.2. The van der Waals surface area contributed by atoms with E-state index in [0.29, 0.717) is 17.9 Å². The standard InChI is InChI=1S/C10H16N2O5S/c1-3-8(10(13)14)5-11-18(15,16)6-9-4-7(2)17-12-9/h4,8,11H,3,5-6H2,1-2H3,(H,13,14). The highest BCUT2D eigenvalue weighted by molar-refractivity contribution is 7.88. The van der Waals surface area contributed by atoms with Crippen LogP contribution in [-0.4, -0.2) is 31.2 Å². The zero-order chi connectivity index (χ0) is 13.8. The molecule has 0 spiro atoms. The van der Waals surface area contributed by atoms with Crippen molar-refractivity contribution in [2.24, 2.45) is 5.92 Å². The van der Waals surface area contributed by atoms with Gasteiger partial charge in [0.2, 0.25) is 10.0 Å². The molecular formula is C10H16N2O5S. The van der Waals surface area contributed by atoms with Crippen LogP contribution < -0.4 is 4.72 Å². The van der Waals surface area contributed by atoms with Crippen molar-refractivity contribution in [2.75, 3.05) is 6.54 Å². The lowest BCUT2D eigenvalue weighted by Gasteiger charge is -2.10. The van der Waals surface area contributed by atoms with Gasteiger partial charge >= 0.3 is 5.97 Å². The van der Waals surface area contributed by atoms with Gasteiger partial charge in [0.15, 0.2) is 0 Å². The molecule has 7 nitrogen and oxygen atoms in total. The van der Waals surface area contributed by atoms with Crippen LogP contribution >= 0.6 is 0 Å². The van der Waals surface area contributed by atoms with Gasteiger partial charge in [-0.15, -0.1) is 0 Å². The van der Waals surface area contributed by atoms with Crippen molar-refractivity contribution in [1.29, 1.82) is 0 Å². The second-order valence-corrected chi connectivity index (χ2v) is 5.79. The summed E-state index contributed by atoms with van der Waals surface area (Å²) in [5.41, 5.74) is 0.295. The van der Waals surface area contributed by atoms with E-state index >= 15 is 0 Å². The molecule has 0 saturated heterocycles. The smallest absolute Gasteiger partial charge is 0.307 e. The Hall–Kier alpha value is -1.41. The fraction of sp³-hybridized carbons (Fsp3) is 0.600. The molecule has 18 heavy (non-hydrogen) atoms. The van der Waals surface area contributed by atoms with Crippen molar-refractivity contribution >= 4 is 16.0 Å². The molecule has 1 aromatic heterocycles. The summed E-state index contributed by atoms with van der Waals surface area (Å²) in [7, 11) is -3.60. The monoisotopic (exact) mass is 276 g/mol. The molecule has 0 amide bonds. The second-order valence-electron chi connectivity index (χ2n) is 3.98. The van der Waals surface area contributed by atoms with Crippen LogP contribution in [0, 0.1) is 12.8 Å². The SMILES string of the molecule is CCC(CNS(=O)(=O)Cc1cc(C)on1)C(=O)O.